The van der Waals surface area contributed by atoms with Gasteiger partial charge in [-0.25, -0.2) is 0 Å². The minimum atomic E-state index is 0.703. The molecule has 3 nitrogen and oxygen atoms in total. The number of hydrogen-bond acceptors (Lipinski definition) is 3. The number of anilines is 2. The molecular weight excluding hydrogens is 377 g/mol. The summed E-state index contributed by atoms with van der Waals surface area (Å²) < 4.78 is 12.0. The van der Waals surface area contributed by atoms with Crippen LogP contribution in [0.2, 0.25) is 0 Å². The maximum Gasteiger partial charge on any atom is 0.119 e. The van der Waals surface area contributed by atoms with Crippen LogP contribution in [0.25, 0.3) is 0 Å². The molecule has 0 aliphatic rings. The molecule has 0 atom stereocenters. The van der Waals surface area contributed by atoms with E-state index in [0.717, 1.165) is 24.6 Å². The van der Waals surface area contributed by atoms with Gasteiger partial charge < -0.3 is 14.4 Å². The summed E-state index contributed by atoms with van der Waals surface area (Å²) >= 11 is 2.32. The molecule has 0 bridgehead atoms. The van der Waals surface area contributed by atoms with Gasteiger partial charge in [0.2, 0.25) is 0 Å². The van der Waals surface area contributed by atoms with Gasteiger partial charge in [-0.3, -0.25) is 0 Å². The van der Waals surface area contributed by atoms with Crippen LogP contribution in [-0.4, -0.2) is 26.9 Å². The van der Waals surface area contributed by atoms with Crippen LogP contribution in [-0.2, 0) is 4.74 Å². The third kappa shape index (κ3) is 4.61. The van der Waals surface area contributed by atoms with Crippen LogP contribution in [0.5, 0.6) is 5.75 Å². The first-order valence-electron chi connectivity index (χ1n) is 6.99. The number of halogens is 1. The molecule has 0 radical (unpaired) electrons. The highest BCUT2D eigenvalue weighted by atomic mass is 127. The number of methoxy groups -OCH3 is 1. The summed E-state index contributed by atoms with van der Waals surface area (Å²) in [6.45, 7) is 4.28. The summed E-state index contributed by atoms with van der Waals surface area (Å²) in [7, 11) is 1.68. The van der Waals surface area contributed by atoms with Gasteiger partial charge in [0.1, 0.15) is 5.75 Å². The molecular formula is C17H20INO2. The fourth-order valence-electron chi connectivity index (χ4n) is 2.09. The van der Waals surface area contributed by atoms with Gasteiger partial charge in [0, 0.05) is 28.1 Å². The van der Waals surface area contributed by atoms with Crippen LogP contribution in [0, 0.1) is 3.57 Å². The number of rotatable bonds is 7. The van der Waals surface area contributed by atoms with Crippen molar-refractivity contribution in [3.05, 3.63) is 52.1 Å². The van der Waals surface area contributed by atoms with E-state index in [4.69, 9.17) is 9.47 Å². The van der Waals surface area contributed by atoms with Gasteiger partial charge in [-0.2, -0.15) is 0 Å². The Kier molecular flexibility index (Phi) is 6.32. The predicted octanol–water partition coefficient (Wildman–Crippen LogP) is 4.47. The lowest BCUT2D eigenvalue weighted by molar-refractivity contribution is 0.155. The van der Waals surface area contributed by atoms with Crippen molar-refractivity contribution in [2.45, 2.75) is 6.92 Å². The lowest BCUT2D eigenvalue weighted by atomic mass is 10.2. The van der Waals surface area contributed by atoms with Crippen LogP contribution in [0.4, 0.5) is 11.4 Å². The van der Waals surface area contributed by atoms with Crippen molar-refractivity contribution >= 4 is 34.0 Å². The molecule has 21 heavy (non-hydrogen) atoms. The fraction of sp³-hybridized carbons (Fsp3) is 0.294. The van der Waals surface area contributed by atoms with E-state index in [1.54, 1.807) is 7.11 Å². The van der Waals surface area contributed by atoms with Crippen molar-refractivity contribution in [3.63, 3.8) is 0 Å². The third-order valence-corrected chi connectivity index (χ3v) is 3.90. The van der Waals surface area contributed by atoms with E-state index in [2.05, 4.69) is 63.9 Å². The lowest BCUT2D eigenvalue weighted by Gasteiger charge is -2.25. The number of ether oxygens (including phenoxy) is 2. The van der Waals surface area contributed by atoms with Crippen molar-refractivity contribution in [1.82, 2.24) is 0 Å². The molecule has 0 heterocycles. The van der Waals surface area contributed by atoms with Crippen LogP contribution >= 0.6 is 22.6 Å². The van der Waals surface area contributed by atoms with E-state index in [1.807, 2.05) is 19.1 Å². The van der Waals surface area contributed by atoms with Gasteiger partial charge >= 0.3 is 0 Å². The average Bonchev–Trinajstić information content (AvgIpc) is 2.53. The molecule has 4 heteroatoms. The SMILES string of the molecule is CCOCCN(c1ccc(I)cc1)c1ccc(OC)cc1. The summed E-state index contributed by atoms with van der Waals surface area (Å²) in [5.74, 6) is 0.867. The van der Waals surface area contributed by atoms with Gasteiger partial charge in [-0.15, -0.1) is 0 Å². The highest BCUT2D eigenvalue weighted by molar-refractivity contribution is 14.1. The molecule has 0 aromatic heterocycles. The number of benzene rings is 2. The van der Waals surface area contributed by atoms with E-state index in [0.29, 0.717) is 6.61 Å². The second-order valence-corrected chi connectivity index (χ2v) is 5.77. The van der Waals surface area contributed by atoms with Crippen molar-refractivity contribution in [1.29, 1.82) is 0 Å². The Labute approximate surface area is 140 Å². The largest absolute Gasteiger partial charge is 0.497 e. The minimum absolute atomic E-state index is 0.703. The monoisotopic (exact) mass is 397 g/mol. The maximum absolute atomic E-state index is 5.51. The van der Waals surface area contributed by atoms with Gasteiger partial charge in [0.15, 0.2) is 0 Å². The Morgan fingerprint density at radius 3 is 2.05 bits per heavy atom. The quantitative estimate of drug-likeness (QED) is 0.508. The smallest absolute Gasteiger partial charge is 0.119 e. The molecule has 0 aliphatic heterocycles. The van der Waals surface area contributed by atoms with E-state index in [-0.39, 0.29) is 0 Å². The number of nitrogens with zero attached hydrogens (tertiary/aromatic N) is 1. The van der Waals surface area contributed by atoms with Crippen LogP contribution in [0.1, 0.15) is 6.92 Å². The van der Waals surface area contributed by atoms with Crippen molar-refractivity contribution < 1.29 is 9.47 Å². The second-order valence-electron chi connectivity index (χ2n) is 4.52. The van der Waals surface area contributed by atoms with E-state index < -0.39 is 0 Å². The average molecular weight is 397 g/mol. The fourth-order valence-corrected chi connectivity index (χ4v) is 2.45. The summed E-state index contributed by atoms with van der Waals surface area (Å²) in [5.41, 5.74) is 2.30. The molecule has 0 N–H and O–H groups in total. The van der Waals surface area contributed by atoms with Crippen molar-refractivity contribution in [2.75, 3.05) is 31.8 Å². The van der Waals surface area contributed by atoms with Crippen molar-refractivity contribution in [2.24, 2.45) is 0 Å². The normalized spacial score (nSPS) is 10.4. The summed E-state index contributed by atoms with van der Waals surface area (Å²) in [6.07, 6.45) is 0. The van der Waals surface area contributed by atoms with E-state index in [9.17, 15) is 0 Å². The molecule has 2 rings (SSSR count). The molecule has 2 aromatic rings. The molecule has 0 unspecified atom stereocenters. The Balaban J connectivity index is 2.23. The zero-order valence-electron chi connectivity index (χ0n) is 12.4. The van der Waals surface area contributed by atoms with Gasteiger partial charge in [0.25, 0.3) is 0 Å². The molecule has 112 valence electrons. The Morgan fingerprint density at radius 1 is 0.952 bits per heavy atom. The highest BCUT2D eigenvalue weighted by Gasteiger charge is 2.09. The van der Waals surface area contributed by atoms with Crippen LogP contribution in [0.3, 0.4) is 0 Å². The molecule has 0 saturated carbocycles. The van der Waals surface area contributed by atoms with Crippen LogP contribution < -0.4 is 9.64 Å². The minimum Gasteiger partial charge on any atom is -0.497 e. The van der Waals surface area contributed by atoms with Gasteiger partial charge in [0.05, 0.1) is 13.7 Å². The Morgan fingerprint density at radius 2 is 1.52 bits per heavy atom. The maximum atomic E-state index is 5.51. The van der Waals surface area contributed by atoms with Gasteiger partial charge in [-0.05, 0) is 78.0 Å². The zero-order valence-corrected chi connectivity index (χ0v) is 14.5. The summed E-state index contributed by atoms with van der Waals surface area (Å²) in [4.78, 5) is 2.26. The number of hydrogen-bond donors (Lipinski definition) is 0. The first kappa shape index (κ1) is 16.1. The van der Waals surface area contributed by atoms with Crippen LogP contribution in [0.15, 0.2) is 48.5 Å². The molecule has 0 amide bonds. The Bertz CT molecular complexity index is 540. The molecule has 0 spiro atoms. The zero-order chi connectivity index (χ0) is 15.1. The molecule has 0 aliphatic carbocycles. The molecule has 0 saturated heterocycles. The van der Waals surface area contributed by atoms with Crippen molar-refractivity contribution in [3.8, 4) is 5.75 Å². The second kappa shape index (κ2) is 8.24. The predicted molar refractivity (Wildman–Crippen MR) is 95.7 cm³/mol. The summed E-state index contributed by atoms with van der Waals surface area (Å²) in [6, 6.07) is 16.6. The molecule has 0 fully saturated rings. The first-order chi connectivity index (χ1) is 10.2. The van der Waals surface area contributed by atoms with E-state index >= 15 is 0 Å². The lowest BCUT2D eigenvalue weighted by Crippen LogP contribution is -2.22. The van der Waals surface area contributed by atoms with Gasteiger partial charge in [-0.1, -0.05) is 0 Å². The standard InChI is InChI=1S/C17H20INO2/c1-3-21-13-12-19(15-6-4-14(18)5-7-15)16-8-10-17(20-2)11-9-16/h4-11H,3,12-13H2,1-2H3. The summed E-state index contributed by atoms with van der Waals surface area (Å²) in [5, 5.41) is 0. The molecule has 2 aromatic carbocycles. The first-order valence-corrected chi connectivity index (χ1v) is 8.07. The third-order valence-electron chi connectivity index (χ3n) is 3.19. The highest BCUT2D eigenvalue weighted by Crippen LogP contribution is 2.27. The van der Waals surface area contributed by atoms with E-state index in [1.165, 1.54) is 9.26 Å². The Hall–Kier alpha value is -1.27. The topological polar surface area (TPSA) is 21.7 Å².